The maximum atomic E-state index is 12.5. The van der Waals surface area contributed by atoms with Crippen LogP contribution in [0, 0.1) is 5.92 Å². The molecular formula is C19H25F3N4O2. The van der Waals surface area contributed by atoms with Crippen molar-refractivity contribution in [2.24, 2.45) is 5.92 Å². The van der Waals surface area contributed by atoms with Gasteiger partial charge in [0.1, 0.15) is 0 Å². The van der Waals surface area contributed by atoms with E-state index in [2.05, 4.69) is 22.2 Å². The molecule has 28 heavy (non-hydrogen) atoms. The Morgan fingerprint density at radius 1 is 0.964 bits per heavy atom. The van der Waals surface area contributed by atoms with E-state index in [-0.39, 0.29) is 31.8 Å². The van der Waals surface area contributed by atoms with Crippen molar-refractivity contribution in [1.29, 1.82) is 0 Å². The predicted octanol–water partition coefficient (Wildman–Crippen LogP) is 2.18. The molecule has 0 aromatic heterocycles. The first-order valence-corrected chi connectivity index (χ1v) is 9.44. The molecule has 2 fully saturated rings. The van der Waals surface area contributed by atoms with Crippen LogP contribution in [0.15, 0.2) is 24.3 Å². The Morgan fingerprint density at radius 3 is 2.07 bits per heavy atom. The van der Waals surface area contributed by atoms with Crippen LogP contribution in [-0.2, 0) is 9.59 Å². The molecule has 2 amide bonds. The summed E-state index contributed by atoms with van der Waals surface area (Å²) in [6.07, 6.45) is -4.40. The molecule has 6 nitrogen and oxygen atoms in total. The smallest absolute Gasteiger partial charge is 0.369 e. The predicted molar refractivity (Wildman–Crippen MR) is 100 cm³/mol. The molecule has 1 aromatic carbocycles. The summed E-state index contributed by atoms with van der Waals surface area (Å²) in [5.74, 6) is -2.44. The number of carbonyl (C=O) groups is 2. The van der Waals surface area contributed by atoms with Gasteiger partial charge in [0.15, 0.2) is 0 Å². The van der Waals surface area contributed by atoms with Crippen LogP contribution in [0.3, 0.4) is 0 Å². The number of likely N-dealkylation sites (N-methyl/N-ethyl adjacent to an activating group) is 1. The van der Waals surface area contributed by atoms with Gasteiger partial charge in [0.2, 0.25) is 5.91 Å². The lowest BCUT2D eigenvalue weighted by Gasteiger charge is -2.34. The first-order valence-electron chi connectivity index (χ1n) is 9.44. The molecule has 154 valence electrons. The van der Waals surface area contributed by atoms with Crippen molar-refractivity contribution >= 4 is 23.2 Å². The largest absolute Gasteiger partial charge is 0.471 e. The second kappa shape index (κ2) is 8.38. The lowest BCUT2D eigenvalue weighted by Crippen LogP contribution is -2.46. The Morgan fingerprint density at radius 2 is 1.54 bits per heavy atom. The molecule has 1 aromatic rings. The van der Waals surface area contributed by atoms with E-state index < -0.39 is 18.0 Å². The molecule has 2 aliphatic heterocycles. The second-order valence-corrected chi connectivity index (χ2v) is 7.39. The average molecular weight is 398 g/mol. The number of nitrogens with one attached hydrogen (secondary N) is 1. The highest BCUT2D eigenvalue weighted by Gasteiger charge is 2.43. The van der Waals surface area contributed by atoms with Crippen molar-refractivity contribution in [2.75, 3.05) is 56.5 Å². The minimum absolute atomic E-state index is 0.0568. The molecule has 2 aliphatic rings. The maximum Gasteiger partial charge on any atom is 0.471 e. The quantitative estimate of drug-likeness (QED) is 0.848. The van der Waals surface area contributed by atoms with Gasteiger partial charge in [-0.3, -0.25) is 9.59 Å². The standard InChI is InChI=1S/C19H25F3N4O2/c1-24-10-12-25(13-11-24)16-4-2-15(3-5-16)23-17(27)14-6-8-26(9-7-14)18(28)19(20,21)22/h2-5,14H,6-13H2,1H3,(H,23,27). The van der Waals surface area contributed by atoms with Gasteiger partial charge in [-0.1, -0.05) is 0 Å². The number of anilines is 2. The number of rotatable bonds is 3. The molecule has 0 atom stereocenters. The molecular weight excluding hydrogens is 373 g/mol. The van der Waals surface area contributed by atoms with Crippen molar-refractivity contribution < 1.29 is 22.8 Å². The normalized spacial score (nSPS) is 19.6. The summed E-state index contributed by atoms with van der Waals surface area (Å²) in [5.41, 5.74) is 1.77. The summed E-state index contributed by atoms with van der Waals surface area (Å²) in [7, 11) is 2.10. The number of piperidine rings is 1. The second-order valence-electron chi connectivity index (χ2n) is 7.39. The number of hydrogen-bond donors (Lipinski definition) is 1. The van der Waals surface area contributed by atoms with Gasteiger partial charge in [0.25, 0.3) is 0 Å². The highest BCUT2D eigenvalue weighted by molar-refractivity contribution is 5.93. The molecule has 3 rings (SSSR count). The van der Waals surface area contributed by atoms with Crippen LogP contribution in [0.5, 0.6) is 0 Å². The summed E-state index contributed by atoms with van der Waals surface area (Å²) < 4.78 is 37.5. The van der Waals surface area contributed by atoms with Gasteiger partial charge in [-0.2, -0.15) is 13.2 Å². The van der Waals surface area contributed by atoms with Crippen LogP contribution in [-0.4, -0.2) is 74.1 Å². The van der Waals surface area contributed by atoms with E-state index in [1.54, 1.807) is 0 Å². The zero-order valence-electron chi connectivity index (χ0n) is 15.8. The Balaban J connectivity index is 1.49. The summed E-state index contributed by atoms with van der Waals surface area (Å²) in [4.78, 5) is 29.0. The number of alkyl halides is 3. The topological polar surface area (TPSA) is 55.9 Å². The van der Waals surface area contributed by atoms with Crippen molar-refractivity contribution in [1.82, 2.24) is 9.80 Å². The molecule has 0 radical (unpaired) electrons. The summed E-state index contributed by atoms with van der Waals surface area (Å²) in [6, 6.07) is 7.61. The summed E-state index contributed by atoms with van der Waals surface area (Å²) in [6.45, 7) is 3.81. The first-order chi connectivity index (χ1) is 13.2. The summed E-state index contributed by atoms with van der Waals surface area (Å²) in [5, 5.41) is 2.83. The number of benzene rings is 1. The van der Waals surface area contributed by atoms with E-state index in [4.69, 9.17) is 0 Å². The molecule has 0 aliphatic carbocycles. The van der Waals surface area contributed by atoms with Gasteiger partial charge < -0.3 is 20.0 Å². The van der Waals surface area contributed by atoms with Crippen LogP contribution in [0.2, 0.25) is 0 Å². The first kappa shape index (κ1) is 20.4. The molecule has 2 saturated heterocycles. The van der Waals surface area contributed by atoms with Gasteiger partial charge in [-0.15, -0.1) is 0 Å². The van der Waals surface area contributed by atoms with Gasteiger partial charge in [0.05, 0.1) is 0 Å². The number of halogens is 3. The number of nitrogens with zero attached hydrogens (tertiary/aromatic N) is 3. The third-order valence-corrected chi connectivity index (χ3v) is 5.40. The van der Waals surface area contributed by atoms with Crippen molar-refractivity contribution in [3.05, 3.63) is 24.3 Å². The van der Waals surface area contributed by atoms with E-state index in [1.165, 1.54) is 0 Å². The number of likely N-dealkylation sites (tertiary alicyclic amines) is 1. The van der Waals surface area contributed by atoms with Crippen LogP contribution in [0.25, 0.3) is 0 Å². The molecule has 2 heterocycles. The lowest BCUT2D eigenvalue weighted by atomic mass is 9.95. The molecule has 0 saturated carbocycles. The van der Waals surface area contributed by atoms with Crippen LogP contribution >= 0.6 is 0 Å². The number of amides is 2. The van der Waals surface area contributed by atoms with Crippen molar-refractivity contribution in [3.8, 4) is 0 Å². The van der Waals surface area contributed by atoms with Crippen molar-refractivity contribution in [3.63, 3.8) is 0 Å². The number of carbonyl (C=O) groups excluding carboxylic acids is 2. The number of hydrogen-bond acceptors (Lipinski definition) is 4. The third-order valence-electron chi connectivity index (χ3n) is 5.40. The Labute approximate surface area is 162 Å². The minimum Gasteiger partial charge on any atom is -0.369 e. The highest BCUT2D eigenvalue weighted by Crippen LogP contribution is 2.25. The molecule has 1 N–H and O–H groups in total. The Bertz CT molecular complexity index is 692. The molecule has 0 unspecified atom stereocenters. The van der Waals surface area contributed by atoms with Gasteiger partial charge >= 0.3 is 12.1 Å². The van der Waals surface area contributed by atoms with Crippen LogP contribution in [0.4, 0.5) is 24.5 Å². The van der Waals surface area contributed by atoms with E-state index >= 15 is 0 Å². The van der Waals surface area contributed by atoms with E-state index in [0.29, 0.717) is 5.69 Å². The Kier molecular flexibility index (Phi) is 6.12. The summed E-state index contributed by atoms with van der Waals surface area (Å²) >= 11 is 0. The highest BCUT2D eigenvalue weighted by atomic mass is 19.4. The zero-order valence-corrected chi connectivity index (χ0v) is 15.8. The van der Waals surface area contributed by atoms with Gasteiger partial charge in [0, 0.05) is 56.6 Å². The van der Waals surface area contributed by atoms with E-state index in [1.807, 2.05) is 24.3 Å². The van der Waals surface area contributed by atoms with Crippen LogP contribution in [0.1, 0.15) is 12.8 Å². The third kappa shape index (κ3) is 4.95. The van der Waals surface area contributed by atoms with Crippen LogP contribution < -0.4 is 10.2 Å². The van der Waals surface area contributed by atoms with Gasteiger partial charge in [-0.25, -0.2) is 0 Å². The zero-order chi connectivity index (χ0) is 20.3. The fourth-order valence-corrected chi connectivity index (χ4v) is 3.59. The fourth-order valence-electron chi connectivity index (χ4n) is 3.59. The minimum atomic E-state index is -4.86. The average Bonchev–Trinajstić information content (AvgIpc) is 2.68. The number of piperazine rings is 1. The van der Waals surface area contributed by atoms with E-state index in [9.17, 15) is 22.8 Å². The van der Waals surface area contributed by atoms with Gasteiger partial charge in [-0.05, 0) is 44.2 Å². The Hall–Kier alpha value is -2.29. The monoisotopic (exact) mass is 398 g/mol. The molecule has 0 spiro atoms. The molecule has 0 bridgehead atoms. The SMILES string of the molecule is CN1CCN(c2ccc(NC(=O)C3CCN(C(=O)C(F)(F)F)CC3)cc2)CC1. The fraction of sp³-hybridized carbons (Fsp3) is 0.579. The maximum absolute atomic E-state index is 12.5. The molecule has 9 heteroatoms. The van der Waals surface area contributed by atoms with E-state index in [0.717, 1.165) is 36.8 Å². The van der Waals surface area contributed by atoms with Crippen molar-refractivity contribution in [2.45, 2.75) is 19.0 Å². The lowest BCUT2D eigenvalue weighted by molar-refractivity contribution is -0.186.